The lowest BCUT2D eigenvalue weighted by Gasteiger charge is -2.03. The van der Waals surface area contributed by atoms with Crippen LogP contribution in [0.3, 0.4) is 0 Å². The first-order valence-electron chi connectivity index (χ1n) is 5.00. The Labute approximate surface area is 105 Å². The summed E-state index contributed by atoms with van der Waals surface area (Å²) in [6.45, 7) is 5.93. The molecule has 2 nitrogen and oxygen atoms in total. The van der Waals surface area contributed by atoms with Gasteiger partial charge >= 0.3 is 0 Å². The Morgan fingerprint density at radius 3 is 2.44 bits per heavy atom. The molecule has 0 atom stereocenters. The molecule has 0 bridgehead atoms. The van der Waals surface area contributed by atoms with Crippen LogP contribution in [0, 0.1) is 25.7 Å². The highest BCUT2D eigenvalue weighted by Gasteiger charge is 2.00. The molecule has 0 heterocycles. The summed E-state index contributed by atoms with van der Waals surface area (Å²) in [5.74, 6) is 5.96. The number of hydrogen-bond acceptors (Lipinski definition) is 1. The Morgan fingerprint density at radius 2 is 1.94 bits per heavy atom. The summed E-state index contributed by atoms with van der Waals surface area (Å²) in [6, 6.07) is 4.07. The molecule has 1 rings (SSSR count). The van der Waals surface area contributed by atoms with E-state index in [-0.39, 0.29) is 5.91 Å². The van der Waals surface area contributed by atoms with Gasteiger partial charge in [0, 0.05) is 17.0 Å². The quantitative estimate of drug-likeness (QED) is 0.787. The first-order valence-corrected chi connectivity index (χ1v) is 5.80. The topological polar surface area (TPSA) is 29.1 Å². The number of rotatable bonds is 1. The number of carbonyl (C=O) groups excluding carboxylic acids is 1. The van der Waals surface area contributed by atoms with E-state index >= 15 is 0 Å². The van der Waals surface area contributed by atoms with E-state index < -0.39 is 0 Å². The molecule has 3 heteroatoms. The van der Waals surface area contributed by atoms with E-state index in [4.69, 9.17) is 0 Å². The minimum Gasteiger partial charge on any atom is -0.345 e. The predicted molar refractivity (Wildman–Crippen MR) is 69.2 cm³/mol. The van der Waals surface area contributed by atoms with E-state index in [2.05, 4.69) is 33.1 Å². The second-order valence-electron chi connectivity index (χ2n) is 3.63. The average Bonchev–Trinajstić information content (AvgIpc) is 2.14. The Hall–Kier alpha value is -1.27. The molecule has 16 heavy (non-hydrogen) atoms. The van der Waals surface area contributed by atoms with Crippen LogP contribution in [0.15, 0.2) is 16.6 Å². The molecule has 84 valence electrons. The monoisotopic (exact) mass is 279 g/mol. The van der Waals surface area contributed by atoms with Crippen LogP contribution in [0.4, 0.5) is 0 Å². The summed E-state index contributed by atoms with van der Waals surface area (Å²) >= 11 is 3.44. The lowest BCUT2D eigenvalue weighted by Crippen LogP contribution is -2.19. The van der Waals surface area contributed by atoms with Crippen molar-refractivity contribution in [2.75, 3.05) is 6.54 Å². The second-order valence-corrected chi connectivity index (χ2v) is 4.54. The van der Waals surface area contributed by atoms with Crippen LogP contribution in [0.2, 0.25) is 0 Å². The molecule has 1 N–H and O–H groups in total. The van der Waals surface area contributed by atoms with Gasteiger partial charge in [-0.1, -0.05) is 27.8 Å². The van der Waals surface area contributed by atoms with Gasteiger partial charge < -0.3 is 5.32 Å². The first kappa shape index (κ1) is 12.8. The highest BCUT2D eigenvalue weighted by atomic mass is 79.9. The van der Waals surface area contributed by atoms with E-state index in [9.17, 15) is 4.79 Å². The van der Waals surface area contributed by atoms with Gasteiger partial charge in [0.1, 0.15) is 0 Å². The zero-order valence-electron chi connectivity index (χ0n) is 9.65. The molecule has 0 aromatic heterocycles. The number of aryl methyl sites for hydroxylation is 2. The minimum absolute atomic E-state index is 0.0569. The van der Waals surface area contributed by atoms with Crippen LogP contribution in [0.25, 0.3) is 0 Å². The maximum atomic E-state index is 10.6. The lowest BCUT2D eigenvalue weighted by molar-refractivity contribution is -0.118. The van der Waals surface area contributed by atoms with Gasteiger partial charge in [-0.3, -0.25) is 4.79 Å². The van der Waals surface area contributed by atoms with Gasteiger partial charge in [-0.05, 0) is 37.1 Å². The van der Waals surface area contributed by atoms with Crippen molar-refractivity contribution in [1.29, 1.82) is 0 Å². The molecule has 0 fully saturated rings. The molecule has 0 aliphatic heterocycles. The van der Waals surface area contributed by atoms with Gasteiger partial charge in [0.2, 0.25) is 5.91 Å². The van der Waals surface area contributed by atoms with Crippen molar-refractivity contribution >= 4 is 21.8 Å². The molecule has 1 aromatic carbocycles. The zero-order valence-corrected chi connectivity index (χ0v) is 11.2. The zero-order chi connectivity index (χ0) is 12.1. The fraction of sp³-hybridized carbons (Fsp3) is 0.308. The van der Waals surface area contributed by atoms with Gasteiger partial charge in [0.05, 0.1) is 6.54 Å². The normalized spacial score (nSPS) is 9.25. The van der Waals surface area contributed by atoms with E-state index in [0.717, 1.165) is 21.2 Å². The molecular formula is C13H14BrNO. The molecule has 1 amide bonds. The third kappa shape index (κ3) is 3.71. The van der Waals surface area contributed by atoms with Crippen molar-refractivity contribution in [1.82, 2.24) is 5.32 Å². The van der Waals surface area contributed by atoms with Gasteiger partial charge in [-0.25, -0.2) is 0 Å². The highest BCUT2D eigenvalue weighted by Crippen LogP contribution is 2.19. The number of amides is 1. The van der Waals surface area contributed by atoms with Gasteiger partial charge in [-0.15, -0.1) is 0 Å². The van der Waals surface area contributed by atoms with Crippen molar-refractivity contribution in [2.24, 2.45) is 0 Å². The number of carbonyl (C=O) groups is 1. The molecule has 0 aliphatic rings. The molecule has 0 saturated carbocycles. The van der Waals surface area contributed by atoms with Crippen molar-refractivity contribution in [2.45, 2.75) is 20.8 Å². The van der Waals surface area contributed by atoms with Crippen LogP contribution < -0.4 is 5.32 Å². The highest BCUT2D eigenvalue weighted by molar-refractivity contribution is 9.10. The van der Waals surface area contributed by atoms with Gasteiger partial charge in [-0.2, -0.15) is 0 Å². The number of nitrogens with one attached hydrogen (secondary N) is 1. The van der Waals surface area contributed by atoms with Crippen LogP contribution >= 0.6 is 15.9 Å². The van der Waals surface area contributed by atoms with Crippen LogP contribution in [-0.2, 0) is 4.79 Å². The summed E-state index contributed by atoms with van der Waals surface area (Å²) in [5, 5.41) is 2.64. The van der Waals surface area contributed by atoms with Crippen LogP contribution in [0.5, 0.6) is 0 Å². The third-order valence-electron chi connectivity index (χ3n) is 2.14. The van der Waals surface area contributed by atoms with Crippen molar-refractivity contribution < 1.29 is 4.79 Å². The molecule has 0 unspecified atom stereocenters. The molecule has 0 saturated heterocycles. The summed E-state index contributed by atoms with van der Waals surface area (Å²) in [7, 11) is 0. The fourth-order valence-electron chi connectivity index (χ4n) is 1.41. The first-order chi connectivity index (χ1) is 7.50. The maximum Gasteiger partial charge on any atom is 0.217 e. The molecule has 0 radical (unpaired) electrons. The maximum absolute atomic E-state index is 10.6. The Balaban J connectivity index is 2.84. The Kier molecular flexibility index (Phi) is 4.57. The summed E-state index contributed by atoms with van der Waals surface area (Å²) < 4.78 is 1.06. The van der Waals surface area contributed by atoms with E-state index in [1.54, 1.807) is 0 Å². The van der Waals surface area contributed by atoms with E-state index in [0.29, 0.717) is 6.54 Å². The number of benzene rings is 1. The largest absolute Gasteiger partial charge is 0.345 e. The summed E-state index contributed by atoms with van der Waals surface area (Å²) in [5.41, 5.74) is 3.32. The van der Waals surface area contributed by atoms with Gasteiger partial charge in [0.25, 0.3) is 0 Å². The minimum atomic E-state index is -0.0569. The SMILES string of the molecule is CC(=O)NCC#Cc1c(C)cc(Br)cc1C. The van der Waals surface area contributed by atoms with Crippen molar-refractivity contribution in [3.8, 4) is 11.8 Å². The molecule has 0 aliphatic carbocycles. The van der Waals surface area contributed by atoms with Crippen molar-refractivity contribution in [3.05, 3.63) is 33.3 Å². The van der Waals surface area contributed by atoms with Crippen molar-refractivity contribution in [3.63, 3.8) is 0 Å². The Bertz CT molecular complexity index is 446. The number of halogens is 1. The summed E-state index contributed by atoms with van der Waals surface area (Å²) in [6.07, 6.45) is 0. The standard InChI is InChI=1S/C13H14BrNO/c1-9-7-12(14)8-10(2)13(9)5-4-6-15-11(3)16/h7-8H,6H2,1-3H3,(H,15,16). The predicted octanol–water partition coefficient (Wildman–Crippen LogP) is 2.55. The second kappa shape index (κ2) is 5.72. The Morgan fingerprint density at radius 1 is 1.38 bits per heavy atom. The van der Waals surface area contributed by atoms with Crippen LogP contribution in [-0.4, -0.2) is 12.5 Å². The third-order valence-corrected chi connectivity index (χ3v) is 2.59. The smallest absolute Gasteiger partial charge is 0.217 e. The van der Waals surface area contributed by atoms with E-state index in [1.807, 2.05) is 26.0 Å². The molecular weight excluding hydrogens is 266 g/mol. The number of hydrogen-bond donors (Lipinski definition) is 1. The molecule has 1 aromatic rings. The van der Waals surface area contributed by atoms with E-state index in [1.165, 1.54) is 6.92 Å². The average molecular weight is 280 g/mol. The van der Waals surface area contributed by atoms with Crippen LogP contribution in [0.1, 0.15) is 23.6 Å². The van der Waals surface area contributed by atoms with Gasteiger partial charge in [0.15, 0.2) is 0 Å². The lowest BCUT2D eigenvalue weighted by atomic mass is 10.0. The fourth-order valence-corrected chi connectivity index (χ4v) is 2.10. The summed E-state index contributed by atoms with van der Waals surface area (Å²) in [4.78, 5) is 10.6. The molecule has 0 spiro atoms.